The minimum absolute atomic E-state index is 0.0449. The molecule has 0 radical (unpaired) electrons. The normalized spacial score (nSPS) is 19.1. The molecule has 22 heavy (non-hydrogen) atoms. The van der Waals surface area contributed by atoms with Gasteiger partial charge in [0.15, 0.2) is 0 Å². The Hall–Kier alpha value is -1.21. The monoisotopic (exact) mass is 387 g/mol. The number of nitrogens with zero attached hydrogens (tertiary/aromatic N) is 1. The van der Waals surface area contributed by atoms with E-state index < -0.39 is 22.7 Å². The molecule has 1 aliphatic heterocycles. The van der Waals surface area contributed by atoms with Crippen LogP contribution in [0.3, 0.4) is 0 Å². The second-order valence-corrected chi connectivity index (χ2v) is 7.76. The van der Waals surface area contributed by atoms with Gasteiger partial charge in [-0.1, -0.05) is 15.9 Å². The van der Waals surface area contributed by atoms with E-state index in [0.717, 1.165) is 9.37 Å². The average molecular weight is 388 g/mol. The maximum Gasteiger partial charge on any atom is 0.308 e. The Balaban J connectivity index is 1.74. The van der Waals surface area contributed by atoms with Gasteiger partial charge in [0.2, 0.25) is 5.91 Å². The van der Waals surface area contributed by atoms with Crippen molar-refractivity contribution in [2.75, 3.05) is 18.8 Å². The van der Waals surface area contributed by atoms with Crippen LogP contribution < -0.4 is 0 Å². The summed E-state index contributed by atoms with van der Waals surface area (Å²) in [4.78, 5) is 25.2. The Labute approximate surface area is 140 Å². The molecule has 2 rings (SSSR count). The smallest absolute Gasteiger partial charge is 0.308 e. The van der Waals surface area contributed by atoms with Gasteiger partial charge in [-0.3, -0.25) is 13.8 Å². The minimum atomic E-state index is -1.11. The first kappa shape index (κ1) is 17.1. The quantitative estimate of drug-likeness (QED) is 0.812. The Morgan fingerprint density at radius 1 is 1.32 bits per heavy atom. The summed E-state index contributed by atoms with van der Waals surface area (Å²) in [5.74, 6) is -0.895. The van der Waals surface area contributed by atoms with E-state index in [1.54, 1.807) is 17.0 Å². The molecule has 7 heteroatoms. The number of halogens is 1. The summed E-state index contributed by atoms with van der Waals surface area (Å²) in [5.41, 5.74) is 0. The Morgan fingerprint density at radius 2 is 2.00 bits per heavy atom. The molecular formula is C15H18BrNO4S. The fourth-order valence-electron chi connectivity index (χ4n) is 2.41. The summed E-state index contributed by atoms with van der Waals surface area (Å²) >= 11 is 3.33. The van der Waals surface area contributed by atoms with Crippen LogP contribution in [-0.2, 0) is 20.4 Å². The van der Waals surface area contributed by atoms with Crippen LogP contribution in [0.5, 0.6) is 0 Å². The molecule has 0 unspecified atom stereocenters. The van der Waals surface area contributed by atoms with Gasteiger partial charge in [-0.15, -0.1) is 0 Å². The Bertz CT molecular complexity index is 575. The zero-order valence-electron chi connectivity index (χ0n) is 12.0. The molecule has 1 aromatic rings. The van der Waals surface area contributed by atoms with Crippen molar-refractivity contribution in [3.63, 3.8) is 0 Å². The zero-order chi connectivity index (χ0) is 16.1. The van der Waals surface area contributed by atoms with E-state index in [4.69, 9.17) is 5.11 Å². The highest BCUT2D eigenvalue weighted by Gasteiger charge is 2.30. The molecular weight excluding hydrogens is 370 g/mol. The first-order valence-electron chi connectivity index (χ1n) is 7.12. The second kappa shape index (κ2) is 7.87. The van der Waals surface area contributed by atoms with Crippen LogP contribution in [0.15, 0.2) is 33.6 Å². The number of rotatable bonds is 6. The van der Waals surface area contributed by atoms with Gasteiger partial charge in [-0.2, -0.15) is 0 Å². The van der Waals surface area contributed by atoms with Crippen molar-refractivity contribution in [1.29, 1.82) is 0 Å². The van der Waals surface area contributed by atoms with E-state index in [1.807, 2.05) is 12.1 Å². The van der Waals surface area contributed by atoms with Crippen molar-refractivity contribution in [1.82, 2.24) is 4.90 Å². The SMILES string of the molecule is O=C(O)[C@@H]1CCN(C(=O)CCC[S@@](=O)c2ccc(Br)cc2)C1. The maximum atomic E-state index is 12.1. The Morgan fingerprint density at radius 3 is 2.59 bits per heavy atom. The van der Waals surface area contributed by atoms with Crippen molar-refractivity contribution < 1.29 is 18.9 Å². The van der Waals surface area contributed by atoms with E-state index in [9.17, 15) is 13.8 Å². The second-order valence-electron chi connectivity index (χ2n) is 5.27. The minimum Gasteiger partial charge on any atom is -0.481 e. The van der Waals surface area contributed by atoms with Gasteiger partial charge in [-0.25, -0.2) is 0 Å². The van der Waals surface area contributed by atoms with E-state index in [0.29, 0.717) is 38.1 Å². The van der Waals surface area contributed by atoms with Crippen molar-refractivity contribution >= 4 is 38.6 Å². The van der Waals surface area contributed by atoms with Gasteiger partial charge in [0.25, 0.3) is 0 Å². The third-order valence-electron chi connectivity index (χ3n) is 3.69. The molecule has 1 saturated heterocycles. The lowest BCUT2D eigenvalue weighted by Gasteiger charge is -2.15. The number of carboxylic acids is 1. The predicted octanol–water partition coefficient (Wildman–Crippen LogP) is 2.27. The summed E-state index contributed by atoms with van der Waals surface area (Å²) < 4.78 is 13.0. The molecule has 120 valence electrons. The molecule has 0 bridgehead atoms. The van der Waals surface area contributed by atoms with Crippen LogP contribution >= 0.6 is 15.9 Å². The molecule has 1 aromatic carbocycles. The number of hydrogen-bond donors (Lipinski definition) is 1. The van der Waals surface area contributed by atoms with E-state index in [-0.39, 0.29) is 5.91 Å². The van der Waals surface area contributed by atoms with Gasteiger partial charge in [0.05, 0.1) is 16.7 Å². The molecule has 0 saturated carbocycles. The fraction of sp³-hybridized carbons (Fsp3) is 0.467. The molecule has 1 amide bonds. The van der Waals surface area contributed by atoms with Crippen LogP contribution in [0, 0.1) is 5.92 Å². The lowest BCUT2D eigenvalue weighted by atomic mass is 10.1. The summed E-state index contributed by atoms with van der Waals surface area (Å²) in [5, 5.41) is 8.93. The molecule has 0 aromatic heterocycles. The first-order chi connectivity index (χ1) is 10.5. The predicted molar refractivity (Wildman–Crippen MR) is 87.0 cm³/mol. The van der Waals surface area contributed by atoms with Crippen LogP contribution in [0.4, 0.5) is 0 Å². The van der Waals surface area contributed by atoms with Crippen LogP contribution in [0.1, 0.15) is 19.3 Å². The van der Waals surface area contributed by atoms with E-state index in [2.05, 4.69) is 15.9 Å². The largest absolute Gasteiger partial charge is 0.481 e. The van der Waals surface area contributed by atoms with Crippen molar-refractivity contribution in [2.24, 2.45) is 5.92 Å². The van der Waals surface area contributed by atoms with Crippen LogP contribution in [0.25, 0.3) is 0 Å². The molecule has 0 aliphatic carbocycles. The number of carboxylic acid groups (broad SMARTS) is 1. The number of hydrogen-bond acceptors (Lipinski definition) is 3. The average Bonchev–Trinajstić information content (AvgIpc) is 2.98. The summed E-state index contributed by atoms with van der Waals surface area (Å²) in [7, 11) is -1.11. The lowest BCUT2D eigenvalue weighted by Crippen LogP contribution is -2.29. The summed E-state index contributed by atoms with van der Waals surface area (Å²) in [6, 6.07) is 7.29. The fourth-order valence-corrected chi connectivity index (χ4v) is 3.75. The van der Waals surface area contributed by atoms with Crippen molar-refractivity contribution in [3.8, 4) is 0 Å². The van der Waals surface area contributed by atoms with Crippen LogP contribution in [-0.4, -0.2) is 44.9 Å². The third-order valence-corrected chi connectivity index (χ3v) is 5.67. The van der Waals surface area contributed by atoms with Gasteiger partial charge < -0.3 is 10.0 Å². The number of carbonyl (C=O) groups excluding carboxylic acids is 1. The van der Waals surface area contributed by atoms with Gasteiger partial charge in [0, 0.05) is 34.6 Å². The third kappa shape index (κ3) is 4.64. The van der Waals surface area contributed by atoms with Gasteiger partial charge in [0.1, 0.15) is 0 Å². The molecule has 2 atom stereocenters. The van der Waals surface area contributed by atoms with E-state index >= 15 is 0 Å². The first-order valence-corrected chi connectivity index (χ1v) is 9.23. The Kier molecular flexibility index (Phi) is 6.14. The molecule has 5 nitrogen and oxygen atoms in total. The van der Waals surface area contributed by atoms with E-state index in [1.165, 1.54) is 0 Å². The zero-order valence-corrected chi connectivity index (χ0v) is 14.4. The van der Waals surface area contributed by atoms with Gasteiger partial charge in [-0.05, 0) is 37.1 Å². The van der Waals surface area contributed by atoms with Gasteiger partial charge >= 0.3 is 5.97 Å². The number of carbonyl (C=O) groups is 2. The van der Waals surface area contributed by atoms with Crippen LogP contribution in [0.2, 0.25) is 0 Å². The highest BCUT2D eigenvalue weighted by molar-refractivity contribution is 9.10. The number of likely N-dealkylation sites (tertiary alicyclic amines) is 1. The van der Waals surface area contributed by atoms with Crippen molar-refractivity contribution in [3.05, 3.63) is 28.7 Å². The number of amides is 1. The number of aliphatic carboxylic acids is 1. The topological polar surface area (TPSA) is 74.7 Å². The molecule has 1 N–H and O–H groups in total. The standard InChI is InChI=1S/C15H18BrNO4S/c16-12-3-5-13(6-4-12)22(21)9-1-2-14(18)17-8-7-11(10-17)15(19)20/h3-6,11H,1-2,7-10H2,(H,19,20)/t11-,22-/m1/s1. The highest BCUT2D eigenvalue weighted by atomic mass is 79.9. The molecule has 1 aliphatic rings. The lowest BCUT2D eigenvalue weighted by molar-refractivity contribution is -0.141. The maximum absolute atomic E-state index is 12.1. The molecule has 1 heterocycles. The summed E-state index contributed by atoms with van der Waals surface area (Å²) in [6.45, 7) is 0.801. The summed E-state index contributed by atoms with van der Waals surface area (Å²) in [6.07, 6.45) is 1.37. The highest BCUT2D eigenvalue weighted by Crippen LogP contribution is 2.18. The van der Waals surface area contributed by atoms with Crippen molar-refractivity contribution in [2.45, 2.75) is 24.2 Å². The molecule has 1 fully saturated rings. The number of benzene rings is 1. The molecule has 0 spiro atoms.